The van der Waals surface area contributed by atoms with Gasteiger partial charge in [0.05, 0.1) is 12.2 Å². The van der Waals surface area contributed by atoms with Crippen LogP contribution >= 0.6 is 27.3 Å². The van der Waals surface area contributed by atoms with Gasteiger partial charge in [-0.05, 0) is 43.3 Å². The van der Waals surface area contributed by atoms with E-state index < -0.39 is 0 Å². The summed E-state index contributed by atoms with van der Waals surface area (Å²) in [5.74, 6) is 1.30. The molecule has 7 nitrogen and oxygen atoms in total. The highest BCUT2D eigenvalue weighted by molar-refractivity contribution is 9.10. The van der Waals surface area contributed by atoms with Gasteiger partial charge in [-0.25, -0.2) is 4.79 Å². The molecular formula is C24H16BrN3O4S. The van der Waals surface area contributed by atoms with Crippen molar-refractivity contribution in [3.63, 3.8) is 0 Å². The van der Waals surface area contributed by atoms with E-state index in [2.05, 4.69) is 26.0 Å². The van der Waals surface area contributed by atoms with Crippen LogP contribution in [0.15, 0.2) is 74.3 Å². The molecule has 0 unspecified atom stereocenters. The smallest absolute Gasteiger partial charge is 0.338 e. The van der Waals surface area contributed by atoms with Gasteiger partial charge in [0.25, 0.3) is 5.56 Å². The Morgan fingerprint density at radius 3 is 2.52 bits per heavy atom. The topological polar surface area (TPSA) is 86.7 Å². The zero-order chi connectivity index (χ0) is 22.9. The first-order chi connectivity index (χ1) is 16.0. The molecule has 0 aliphatic carbocycles. The summed E-state index contributed by atoms with van der Waals surface area (Å²) in [5.41, 5.74) is 1.88. The van der Waals surface area contributed by atoms with Crippen LogP contribution in [0.25, 0.3) is 33.7 Å². The number of ether oxygens (including phenoxy) is 1. The number of hydrogen-bond donors (Lipinski definition) is 0. The summed E-state index contributed by atoms with van der Waals surface area (Å²) in [6, 6.07) is 18.2. The first-order valence-electron chi connectivity index (χ1n) is 10.1. The molecule has 3 heterocycles. The quantitative estimate of drug-likeness (QED) is 0.315. The van der Waals surface area contributed by atoms with Crippen molar-refractivity contribution in [2.75, 3.05) is 6.61 Å². The van der Waals surface area contributed by atoms with Crippen molar-refractivity contribution in [3.8, 4) is 22.7 Å². The summed E-state index contributed by atoms with van der Waals surface area (Å²) in [4.78, 5) is 29.6. The zero-order valence-corrected chi connectivity index (χ0v) is 19.7. The predicted molar refractivity (Wildman–Crippen MR) is 129 cm³/mol. The highest BCUT2D eigenvalue weighted by Gasteiger charge is 2.13. The number of aromatic nitrogens is 3. The molecule has 0 saturated carbocycles. The molecule has 0 saturated heterocycles. The third kappa shape index (κ3) is 4.24. The Morgan fingerprint density at radius 2 is 1.82 bits per heavy atom. The van der Waals surface area contributed by atoms with Crippen molar-refractivity contribution in [1.29, 1.82) is 0 Å². The Bertz CT molecular complexity index is 1570. The predicted octanol–water partition coefficient (Wildman–Crippen LogP) is 4.56. The van der Waals surface area contributed by atoms with Crippen molar-refractivity contribution in [3.05, 3.63) is 91.3 Å². The van der Waals surface area contributed by atoms with Gasteiger partial charge in [0.1, 0.15) is 16.1 Å². The van der Waals surface area contributed by atoms with Gasteiger partial charge < -0.3 is 9.15 Å². The highest BCUT2D eigenvalue weighted by atomic mass is 79.9. The van der Waals surface area contributed by atoms with Gasteiger partial charge in [0.2, 0.25) is 4.96 Å². The molecule has 0 amide bonds. The summed E-state index contributed by atoms with van der Waals surface area (Å²) in [7, 11) is 0. The number of halogens is 1. The molecule has 0 N–H and O–H groups in total. The maximum atomic E-state index is 12.8. The first-order valence-corrected chi connectivity index (χ1v) is 11.7. The van der Waals surface area contributed by atoms with Gasteiger partial charge in [-0.2, -0.15) is 9.50 Å². The third-order valence-corrected chi connectivity index (χ3v) is 6.35. The number of benzene rings is 2. The van der Waals surface area contributed by atoms with Crippen molar-refractivity contribution >= 4 is 44.3 Å². The van der Waals surface area contributed by atoms with Gasteiger partial charge in [-0.1, -0.05) is 51.5 Å². The highest BCUT2D eigenvalue weighted by Crippen LogP contribution is 2.23. The molecule has 9 heteroatoms. The number of furan rings is 1. The number of rotatable bonds is 5. The maximum Gasteiger partial charge on any atom is 0.338 e. The number of esters is 1. The fourth-order valence-corrected chi connectivity index (χ4v) is 4.41. The molecule has 0 fully saturated rings. The molecule has 0 aliphatic heterocycles. The second-order valence-electron chi connectivity index (χ2n) is 7.05. The Labute approximate surface area is 200 Å². The minimum Gasteiger partial charge on any atom is -0.462 e. The van der Waals surface area contributed by atoms with E-state index in [-0.39, 0.29) is 11.5 Å². The fraction of sp³-hybridized carbons (Fsp3) is 0.0833. The summed E-state index contributed by atoms with van der Waals surface area (Å²) in [6.45, 7) is 2.09. The monoisotopic (exact) mass is 521 g/mol. The lowest BCUT2D eigenvalue weighted by molar-refractivity contribution is 0.0526. The van der Waals surface area contributed by atoms with E-state index in [9.17, 15) is 9.59 Å². The average molecular weight is 522 g/mol. The molecule has 0 atom stereocenters. The van der Waals surface area contributed by atoms with E-state index in [4.69, 9.17) is 9.15 Å². The Morgan fingerprint density at radius 1 is 1.09 bits per heavy atom. The van der Waals surface area contributed by atoms with Crippen LogP contribution in [-0.2, 0) is 4.74 Å². The summed E-state index contributed by atoms with van der Waals surface area (Å²) in [6.07, 6.45) is 1.68. The SMILES string of the molecule is CCOC(=O)c1ccc(-c2ccc(C=c3sc4nc(-c5ccc(Br)cc5)nn4c3=O)o2)cc1. The lowest BCUT2D eigenvalue weighted by Gasteiger charge is -2.02. The lowest BCUT2D eigenvalue weighted by atomic mass is 10.1. The van der Waals surface area contributed by atoms with Crippen LogP contribution in [0.5, 0.6) is 0 Å². The van der Waals surface area contributed by atoms with Gasteiger partial charge in [0, 0.05) is 21.7 Å². The van der Waals surface area contributed by atoms with E-state index in [1.54, 1.807) is 43.3 Å². The first kappa shape index (κ1) is 21.3. The standard InChI is InChI=1S/C24H16BrN3O4S/c1-2-31-23(30)16-5-3-14(4-6-16)19-12-11-18(32-19)13-20-22(29)28-24(33-20)26-21(27-28)15-7-9-17(25)10-8-15/h3-13H,2H2,1H3. The molecule has 0 aliphatic rings. The van der Waals surface area contributed by atoms with Crippen molar-refractivity contribution in [2.45, 2.75) is 6.92 Å². The van der Waals surface area contributed by atoms with E-state index in [1.165, 1.54) is 15.9 Å². The Balaban J connectivity index is 1.42. The van der Waals surface area contributed by atoms with Crippen LogP contribution in [0.4, 0.5) is 0 Å². The van der Waals surface area contributed by atoms with E-state index in [0.717, 1.165) is 15.6 Å². The average Bonchev–Trinajstić information content (AvgIpc) is 3.52. The molecule has 5 rings (SSSR count). The molecule has 0 bridgehead atoms. The Kier molecular flexibility index (Phi) is 5.65. The number of carbonyl (C=O) groups is 1. The Hall–Kier alpha value is -3.56. The molecule has 0 radical (unpaired) electrons. The van der Waals surface area contributed by atoms with Gasteiger partial charge >= 0.3 is 5.97 Å². The molecule has 33 heavy (non-hydrogen) atoms. The van der Waals surface area contributed by atoms with Gasteiger partial charge in [-0.3, -0.25) is 4.79 Å². The van der Waals surface area contributed by atoms with Crippen LogP contribution < -0.4 is 10.1 Å². The fourth-order valence-electron chi connectivity index (χ4n) is 3.25. The van der Waals surface area contributed by atoms with Crippen LogP contribution in [0.1, 0.15) is 23.0 Å². The second kappa shape index (κ2) is 8.76. The van der Waals surface area contributed by atoms with Crippen LogP contribution in [0, 0.1) is 0 Å². The largest absolute Gasteiger partial charge is 0.462 e. The van der Waals surface area contributed by atoms with Crippen LogP contribution in [0.2, 0.25) is 0 Å². The number of thiazole rings is 1. The summed E-state index contributed by atoms with van der Waals surface area (Å²) >= 11 is 4.66. The molecule has 5 aromatic rings. The van der Waals surface area contributed by atoms with Gasteiger partial charge in [0.15, 0.2) is 5.82 Å². The minimum absolute atomic E-state index is 0.248. The number of carbonyl (C=O) groups excluding carboxylic acids is 1. The summed E-state index contributed by atoms with van der Waals surface area (Å²) < 4.78 is 13.6. The zero-order valence-electron chi connectivity index (χ0n) is 17.3. The molecule has 0 spiro atoms. The molecule has 2 aromatic carbocycles. The molecule has 164 valence electrons. The second-order valence-corrected chi connectivity index (χ2v) is 8.98. The number of fused-ring (bicyclic) bond motifs is 1. The third-order valence-electron chi connectivity index (χ3n) is 4.86. The van der Waals surface area contributed by atoms with Gasteiger partial charge in [-0.15, -0.1) is 5.10 Å². The minimum atomic E-state index is -0.361. The van der Waals surface area contributed by atoms with E-state index >= 15 is 0 Å². The van der Waals surface area contributed by atoms with E-state index in [1.807, 2.05) is 30.3 Å². The van der Waals surface area contributed by atoms with Crippen LogP contribution in [-0.4, -0.2) is 27.2 Å². The maximum absolute atomic E-state index is 12.8. The number of nitrogens with zero attached hydrogens (tertiary/aromatic N) is 3. The van der Waals surface area contributed by atoms with Crippen molar-refractivity contribution < 1.29 is 13.9 Å². The summed E-state index contributed by atoms with van der Waals surface area (Å²) in [5, 5.41) is 4.36. The van der Waals surface area contributed by atoms with E-state index in [0.29, 0.717) is 39.0 Å². The van der Waals surface area contributed by atoms with Crippen molar-refractivity contribution in [2.24, 2.45) is 0 Å². The number of hydrogen-bond acceptors (Lipinski definition) is 7. The molecular weight excluding hydrogens is 506 g/mol. The lowest BCUT2D eigenvalue weighted by Crippen LogP contribution is -2.23. The van der Waals surface area contributed by atoms with Crippen molar-refractivity contribution in [1.82, 2.24) is 14.6 Å². The normalized spacial score (nSPS) is 11.9. The molecule has 3 aromatic heterocycles. The van der Waals surface area contributed by atoms with Crippen LogP contribution in [0.3, 0.4) is 0 Å².